The standard InChI is InChI=1S/C8H14N2OS2/c1-10-7-8(6-9-10)13-5-3-11-2-4-12/h6-7,12H,2-5H2,1H3. The van der Waals surface area contributed by atoms with Crippen LogP contribution in [0.25, 0.3) is 0 Å². The SMILES string of the molecule is Cn1cc(SCCOCCS)cn1. The number of hydrogen-bond donors (Lipinski definition) is 1. The first-order chi connectivity index (χ1) is 6.33. The fourth-order valence-corrected chi connectivity index (χ4v) is 1.77. The van der Waals surface area contributed by atoms with Crippen LogP contribution in [-0.4, -0.2) is 34.5 Å². The molecule has 0 spiro atoms. The highest BCUT2D eigenvalue weighted by atomic mass is 32.2. The second kappa shape index (κ2) is 6.34. The minimum atomic E-state index is 0.733. The van der Waals surface area contributed by atoms with E-state index in [9.17, 15) is 0 Å². The maximum atomic E-state index is 5.29. The molecule has 0 aliphatic carbocycles. The second-order valence-corrected chi connectivity index (χ2v) is 4.15. The molecule has 5 heteroatoms. The van der Waals surface area contributed by atoms with Crippen molar-refractivity contribution >= 4 is 24.4 Å². The van der Waals surface area contributed by atoms with Crippen LogP contribution in [0.5, 0.6) is 0 Å². The van der Waals surface area contributed by atoms with E-state index in [0.29, 0.717) is 0 Å². The van der Waals surface area contributed by atoms with Gasteiger partial charge in [-0.3, -0.25) is 4.68 Å². The molecule has 0 unspecified atom stereocenters. The van der Waals surface area contributed by atoms with E-state index in [-0.39, 0.29) is 0 Å². The molecule has 0 saturated heterocycles. The predicted molar refractivity (Wildman–Crippen MR) is 58.6 cm³/mol. The molecule has 0 saturated carbocycles. The van der Waals surface area contributed by atoms with Crippen molar-refractivity contribution in [3.8, 4) is 0 Å². The molecule has 74 valence electrons. The van der Waals surface area contributed by atoms with Crippen LogP contribution >= 0.6 is 24.4 Å². The number of rotatable bonds is 6. The van der Waals surface area contributed by atoms with E-state index >= 15 is 0 Å². The summed E-state index contributed by atoms with van der Waals surface area (Å²) < 4.78 is 7.09. The highest BCUT2D eigenvalue weighted by Gasteiger charge is 1.95. The minimum absolute atomic E-state index is 0.733. The Hall–Kier alpha value is -0.130. The molecular formula is C8H14N2OS2. The van der Waals surface area contributed by atoms with E-state index in [2.05, 4.69) is 17.7 Å². The van der Waals surface area contributed by atoms with Crippen LogP contribution in [0.3, 0.4) is 0 Å². The second-order valence-electron chi connectivity index (χ2n) is 2.53. The number of aromatic nitrogens is 2. The third-order valence-corrected chi connectivity index (χ3v) is 2.51. The van der Waals surface area contributed by atoms with E-state index < -0.39 is 0 Å². The molecule has 1 aromatic rings. The Morgan fingerprint density at radius 3 is 3.08 bits per heavy atom. The molecule has 1 aromatic heterocycles. The van der Waals surface area contributed by atoms with E-state index in [4.69, 9.17) is 4.74 Å². The number of hydrogen-bond acceptors (Lipinski definition) is 4. The van der Waals surface area contributed by atoms with E-state index in [1.807, 2.05) is 19.4 Å². The molecule has 0 radical (unpaired) electrons. The Morgan fingerprint density at radius 2 is 2.46 bits per heavy atom. The Bertz CT molecular complexity index is 240. The zero-order valence-corrected chi connectivity index (χ0v) is 9.35. The maximum Gasteiger partial charge on any atom is 0.0625 e. The van der Waals surface area contributed by atoms with E-state index in [0.717, 1.165) is 24.7 Å². The van der Waals surface area contributed by atoms with Crippen molar-refractivity contribution < 1.29 is 4.74 Å². The largest absolute Gasteiger partial charge is 0.380 e. The van der Waals surface area contributed by atoms with Gasteiger partial charge in [-0.2, -0.15) is 17.7 Å². The van der Waals surface area contributed by atoms with Crippen LogP contribution in [0.4, 0.5) is 0 Å². The zero-order valence-electron chi connectivity index (χ0n) is 7.64. The molecule has 0 atom stereocenters. The van der Waals surface area contributed by atoms with Crippen LogP contribution in [0, 0.1) is 0 Å². The normalized spacial score (nSPS) is 10.6. The number of aryl methyl sites for hydroxylation is 1. The lowest BCUT2D eigenvalue weighted by atomic mass is 10.7. The highest BCUT2D eigenvalue weighted by molar-refractivity contribution is 7.99. The van der Waals surface area contributed by atoms with Crippen molar-refractivity contribution in [1.29, 1.82) is 0 Å². The molecule has 3 nitrogen and oxygen atoms in total. The highest BCUT2D eigenvalue weighted by Crippen LogP contribution is 2.15. The topological polar surface area (TPSA) is 27.1 Å². The summed E-state index contributed by atoms with van der Waals surface area (Å²) in [4.78, 5) is 1.19. The zero-order chi connectivity index (χ0) is 9.52. The Balaban J connectivity index is 2.06. The molecule has 13 heavy (non-hydrogen) atoms. The van der Waals surface area contributed by atoms with Gasteiger partial charge in [0.15, 0.2) is 0 Å². The van der Waals surface area contributed by atoms with Gasteiger partial charge < -0.3 is 4.74 Å². The Kier molecular flexibility index (Phi) is 5.34. The number of thioether (sulfide) groups is 1. The first kappa shape index (κ1) is 10.9. The summed E-state index contributed by atoms with van der Waals surface area (Å²) in [5.74, 6) is 1.76. The first-order valence-corrected chi connectivity index (χ1v) is 5.75. The van der Waals surface area contributed by atoms with Crippen molar-refractivity contribution in [2.24, 2.45) is 7.05 Å². The van der Waals surface area contributed by atoms with Gasteiger partial charge in [0.05, 0.1) is 19.4 Å². The molecule has 0 aliphatic rings. The van der Waals surface area contributed by atoms with Crippen molar-refractivity contribution in [3.05, 3.63) is 12.4 Å². The molecule has 0 aromatic carbocycles. The summed E-state index contributed by atoms with van der Waals surface area (Å²) in [6, 6.07) is 0. The molecule has 0 fully saturated rings. The van der Waals surface area contributed by atoms with Gasteiger partial charge >= 0.3 is 0 Å². The lowest BCUT2D eigenvalue weighted by Gasteiger charge is -1.99. The average Bonchev–Trinajstić information content (AvgIpc) is 2.51. The van der Waals surface area contributed by atoms with Crippen LogP contribution in [0.1, 0.15) is 0 Å². The molecule has 0 N–H and O–H groups in total. The van der Waals surface area contributed by atoms with Gasteiger partial charge in [-0.1, -0.05) is 0 Å². The summed E-state index contributed by atoms with van der Waals surface area (Å²) >= 11 is 5.81. The van der Waals surface area contributed by atoms with Gasteiger partial charge in [-0.15, -0.1) is 11.8 Å². The molecule has 1 rings (SSSR count). The van der Waals surface area contributed by atoms with Gasteiger partial charge in [0.25, 0.3) is 0 Å². The van der Waals surface area contributed by atoms with Crippen LogP contribution in [0.15, 0.2) is 17.3 Å². The fourth-order valence-electron chi connectivity index (χ4n) is 0.858. The average molecular weight is 218 g/mol. The van der Waals surface area contributed by atoms with E-state index in [1.54, 1.807) is 16.4 Å². The van der Waals surface area contributed by atoms with Crippen molar-refractivity contribution in [3.63, 3.8) is 0 Å². The predicted octanol–water partition coefficient (Wildman–Crippen LogP) is 1.46. The monoisotopic (exact) mass is 218 g/mol. The van der Waals surface area contributed by atoms with Gasteiger partial charge in [-0.05, 0) is 0 Å². The quantitative estimate of drug-likeness (QED) is 0.445. The van der Waals surface area contributed by atoms with Crippen molar-refractivity contribution in [2.45, 2.75) is 4.90 Å². The van der Waals surface area contributed by atoms with Crippen LogP contribution in [0.2, 0.25) is 0 Å². The van der Waals surface area contributed by atoms with Gasteiger partial charge in [0.1, 0.15) is 0 Å². The third-order valence-electron chi connectivity index (χ3n) is 1.41. The summed E-state index contributed by atoms with van der Waals surface area (Å²) in [5, 5.41) is 4.07. The van der Waals surface area contributed by atoms with Gasteiger partial charge in [0.2, 0.25) is 0 Å². The maximum absolute atomic E-state index is 5.29. The number of nitrogens with zero attached hydrogens (tertiary/aromatic N) is 2. The number of thiol groups is 1. The fraction of sp³-hybridized carbons (Fsp3) is 0.625. The van der Waals surface area contributed by atoms with E-state index in [1.165, 1.54) is 4.90 Å². The summed E-state index contributed by atoms with van der Waals surface area (Å²) in [6.45, 7) is 1.51. The Labute approximate surface area is 88.3 Å². The molecule has 0 amide bonds. The van der Waals surface area contributed by atoms with Crippen LogP contribution < -0.4 is 0 Å². The lowest BCUT2D eigenvalue weighted by Crippen LogP contribution is -1.99. The summed E-state index contributed by atoms with van der Waals surface area (Å²) in [6.07, 6.45) is 3.87. The van der Waals surface area contributed by atoms with Crippen LogP contribution in [-0.2, 0) is 11.8 Å². The number of ether oxygens (including phenoxy) is 1. The molecular weight excluding hydrogens is 204 g/mol. The Morgan fingerprint density at radius 1 is 1.62 bits per heavy atom. The molecule has 1 heterocycles. The van der Waals surface area contributed by atoms with Crippen molar-refractivity contribution in [1.82, 2.24) is 9.78 Å². The lowest BCUT2D eigenvalue weighted by molar-refractivity contribution is 0.167. The van der Waals surface area contributed by atoms with Gasteiger partial charge in [0, 0.05) is 29.6 Å². The molecule has 0 bridgehead atoms. The smallest absolute Gasteiger partial charge is 0.0625 e. The first-order valence-electron chi connectivity index (χ1n) is 4.13. The van der Waals surface area contributed by atoms with Crippen molar-refractivity contribution in [2.75, 3.05) is 24.7 Å². The third kappa shape index (κ3) is 4.59. The van der Waals surface area contributed by atoms with Gasteiger partial charge in [-0.25, -0.2) is 0 Å². The molecule has 0 aliphatic heterocycles. The minimum Gasteiger partial charge on any atom is -0.380 e. The summed E-state index contributed by atoms with van der Waals surface area (Å²) in [5.41, 5.74) is 0. The summed E-state index contributed by atoms with van der Waals surface area (Å²) in [7, 11) is 1.92.